The van der Waals surface area contributed by atoms with Gasteiger partial charge in [0, 0.05) is 16.9 Å². The highest BCUT2D eigenvalue weighted by molar-refractivity contribution is 5.95. The molecule has 1 aliphatic rings. The molecule has 0 bridgehead atoms. The van der Waals surface area contributed by atoms with Crippen molar-refractivity contribution in [3.05, 3.63) is 42.2 Å². The lowest BCUT2D eigenvalue weighted by Crippen LogP contribution is -2.73. The zero-order valence-corrected chi connectivity index (χ0v) is 13.4. The first-order chi connectivity index (χ1) is 11.6. The van der Waals surface area contributed by atoms with Crippen LogP contribution in [0.2, 0.25) is 0 Å². The number of hydrogen-bond acceptors (Lipinski definition) is 6. The lowest BCUT2D eigenvalue weighted by atomic mass is 10.1. The van der Waals surface area contributed by atoms with Crippen LogP contribution in [-0.4, -0.2) is 40.6 Å². The Kier molecular flexibility index (Phi) is 5.94. The summed E-state index contributed by atoms with van der Waals surface area (Å²) in [6.45, 7) is 1.90. The zero-order valence-electron chi connectivity index (χ0n) is 13.4. The Morgan fingerprint density at radius 3 is 2.88 bits per heavy atom. The van der Waals surface area contributed by atoms with Gasteiger partial charge in [-0.3, -0.25) is 4.84 Å². The van der Waals surface area contributed by atoms with Crippen molar-refractivity contribution in [2.75, 3.05) is 13.7 Å². The third kappa shape index (κ3) is 3.92. The van der Waals surface area contributed by atoms with E-state index in [0.717, 1.165) is 5.48 Å². The van der Waals surface area contributed by atoms with Crippen molar-refractivity contribution in [3.63, 3.8) is 0 Å². The molecule has 128 valence electrons. The smallest absolute Gasteiger partial charge is 0.502 e. The van der Waals surface area contributed by atoms with Crippen molar-refractivity contribution in [1.29, 1.82) is 0 Å². The number of nitrogens with two attached hydrogens (primary N) is 1. The lowest BCUT2D eigenvalue weighted by Gasteiger charge is -2.11. The number of phenolic OH excluding ortho intramolecular Hbond substituents is 1. The van der Waals surface area contributed by atoms with E-state index < -0.39 is 6.16 Å². The predicted octanol–water partition coefficient (Wildman–Crippen LogP) is 1.64. The van der Waals surface area contributed by atoms with Gasteiger partial charge in [0.2, 0.25) is 11.4 Å². The van der Waals surface area contributed by atoms with Crippen LogP contribution in [0.25, 0.3) is 0 Å². The molecule has 0 aliphatic heterocycles. The highest BCUT2D eigenvalue weighted by atomic mass is 16.7. The van der Waals surface area contributed by atoms with Crippen LogP contribution in [0.4, 0.5) is 16.2 Å². The SMILES string of the molecule is CCOC(=O)OC1=CC=C/C(=[N+](\OC)c2c(O)cccc2[NH2+]O)C1. The Balaban J connectivity index is 2.35. The van der Waals surface area contributed by atoms with E-state index in [0.29, 0.717) is 17.2 Å². The maximum Gasteiger partial charge on any atom is 0.513 e. The molecule has 1 aromatic carbocycles. The van der Waals surface area contributed by atoms with Crippen LogP contribution >= 0.6 is 0 Å². The number of rotatable bonds is 5. The molecule has 8 nitrogen and oxygen atoms in total. The number of para-hydroxylation sites is 1. The van der Waals surface area contributed by atoms with Gasteiger partial charge in [-0.05, 0) is 19.1 Å². The third-order valence-corrected chi connectivity index (χ3v) is 3.23. The molecule has 0 saturated heterocycles. The number of benzene rings is 1. The minimum absolute atomic E-state index is 0.0667. The molecule has 8 heteroatoms. The fraction of sp³-hybridized carbons (Fsp3) is 0.250. The molecule has 0 radical (unpaired) electrons. The second-order valence-electron chi connectivity index (χ2n) is 4.77. The lowest BCUT2D eigenvalue weighted by molar-refractivity contribution is -0.830. The second-order valence-corrected chi connectivity index (χ2v) is 4.77. The monoisotopic (exact) mass is 336 g/mol. The molecule has 0 spiro atoms. The number of aromatic hydroxyl groups is 1. The van der Waals surface area contributed by atoms with Crippen molar-refractivity contribution in [1.82, 2.24) is 0 Å². The molecule has 1 aromatic rings. The first-order valence-electron chi connectivity index (χ1n) is 7.32. The van der Waals surface area contributed by atoms with Crippen molar-refractivity contribution in [2.45, 2.75) is 13.3 Å². The average Bonchev–Trinajstić information content (AvgIpc) is 2.57. The van der Waals surface area contributed by atoms with E-state index in [2.05, 4.69) is 0 Å². The summed E-state index contributed by atoms with van der Waals surface area (Å²) in [6.07, 6.45) is 4.52. The Hall–Kier alpha value is -2.84. The van der Waals surface area contributed by atoms with Crippen molar-refractivity contribution < 1.29 is 39.6 Å². The van der Waals surface area contributed by atoms with Gasteiger partial charge in [-0.15, -0.1) is 0 Å². The number of carbonyl (C=O) groups excluding carboxylic acids is 1. The maximum atomic E-state index is 11.4. The molecule has 0 atom stereocenters. The molecule has 2 rings (SSSR count). The number of quaternary nitrogens is 1. The molecular weight excluding hydrogens is 316 g/mol. The van der Waals surface area contributed by atoms with Gasteiger partial charge < -0.3 is 14.6 Å². The van der Waals surface area contributed by atoms with E-state index in [9.17, 15) is 15.1 Å². The van der Waals surface area contributed by atoms with E-state index >= 15 is 0 Å². The van der Waals surface area contributed by atoms with E-state index in [4.69, 9.17) is 14.3 Å². The largest absolute Gasteiger partial charge is 0.513 e. The standard InChI is InChI=1S/C16H18N2O6/c1-3-23-16(20)24-12-7-4-6-11(10-12)18(22-2)15-13(17-21)8-5-9-14(15)19/h4-9,17,21H,3,10H2,1-2H3/p+2/b18-11+. The number of ether oxygens (including phenoxy) is 2. The quantitative estimate of drug-likeness (QED) is 0.327. The van der Waals surface area contributed by atoms with Crippen LogP contribution < -0.4 is 5.48 Å². The Morgan fingerprint density at radius 2 is 2.21 bits per heavy atom. The molecule has 4 N–H and O–H groups in total. The molecule has 0 saturated carbocycles. The summed E-state index contributed by atoms with van der Waals surface area (Å²) < 4.78 is 11.2. The molecule has 1 aliphatic carbocycles. The van der Waals surface area contributed by atoms with Gasteiger partial charge in [0.1, 0.15) is 12.9 Å². The van der Waals surface area contributed by atoms with Gasteiger partial charge in [-0.2, -0.15) is 5.48 Å². The van der Waals surface area contributed by atoms with Crippen LogP contribution in [0.1, 0.15) is 13.3 Å². The first kappa shape index (κ1) is 17.5. The fourth-order valence-corrected chi connectivity index (χ4v) is 2.25. The van der Waals surface area contributed by atoms with Crippen molar-refractivity contribution in [3.8, 4) is 5.75 Å². The van der Waals surface area contributed by atoms with E-state index in [1.54, 1.807) is 37.3 Å². The average molecular weight is 336 g/mol. The maximum absolute atomic E-state index is 11.4. The zero-order chi connectivity index (χ0) is 17.5. The van der Waals surface area contributed by atoms with Gasteiger partial charge >= 0.3 is 11.8 Å². The summed E-state index contributed by atoms with van der Waals surface area (Å²) in [7, 11) is 1.43. The van der Waals surface area contributed by atoms with Gasteiger partial charge in [0.15, 0.2) is 5.75 Å². The van der Waals surface area contributed by atoms with E-state index in [-0.39, 0.29) is 24.5 Å². The van der Waals surface area contributed by atoms with E-state index in [1.165, 1.54) is 17.9 Å². The Bertz CT molecular complexity index is 709. The summed E-state index contributed by atoms with van der Waals surface area (Å²) in [5, 5.41) is 19.5. The second kappa shape index (κ2) is 8.14. The third-order valence-electron chi connectivity index (χ3n) is 3.23. The summed E-state index contributed by atoms with van der Waals surface area (Å²) >= 11 is 0. The fourth-order valence-electron chi connectivity index (χ4n) is 2.25. The van der Waals surface area contributed by atoms with Gasteiger partial charge in [-0.25, -0.2) is 10.0 Å². The minimum Gasteiger partial charge on any atom is -0.502 e. The summed E-state index contributed by atoms with van der Waals surface area (Å²) in [5.41, 5.74) is 2.13. The molecule has 0 heterocycles. The van der Waals surface area contributed by atoms with Crippen LogP contribution in [-0.2, 0) is 14.3 Å². The van der Waals surface area contributed by atoms with E-state index in [1.807, 2.05) is 0 Å². The Morgan fingerprint density at radius 1 is 1.42 bits per heavy atom. The number of nitrogens with zero attached hydrogens (tertiary/aromatic N) is 1. The molecule has 24 heavy (non-hydrogen) atoms. The van der Waals surface area contributed by atoms with Crippen LogP contribution in [0.3, 0.4) is 0 Å². The summed E-state index contributed by atoms with van der Waals surface area (Å²) in [4.78, 5) is 16.8. The number of phenols is 1. The molecule has 0 amide bonds. The number of carbonyl (C=O) groups is 1. The van der Waals surface area contributed by atoms with Gasteiger partial charge in [0.05, 0.1) is 13.0 Å². The Labute approximate surface area is 138 Å². The first-order valence-corrected chi connectivity index (χ1v) is 7.32. The van der Waals surface area contributed by atoms with Gasteiger partial charge in [-0.1, -0.05) is 12.1 Å². The summed E-state index contributed by atoms with van der Waals surface area (Å²) in [6, 6.07) is 4.71. The topological polar surface area (TPSA) is 105 Å². The normalized spacial score (nSPS) is 15.5. The highest BCUT2D eigenvalue weighted by Gasteiger charge is 2.30. The highest BCUT2D eigenvalue weighted by Crippen LogP contribution is 2.32. The predicted molar refractivity (Wildman–Crippen MR) is 83.4 cm³/mol. The number of hydrogen-bond donors (Lipinski definition) is 3. The number of allylic oxidation sites excluding steroid dienone is 4. The van der Waals surface area contributed by atoms with Crippen LogP contribution in [0.15, 0.2) is 42.2 Å². The molecule has 0 aromatic heterocycles. The minimum atomic E-state index is -0.783. The van der Waals surface area contributed by atoms with Crippen molar-refractivity contribution >= 4 is 23.2 Å². The van der Waals surface area contributed by atoms with Gasteiger partial charge in [0.25, 0.3) is 0 Å². The molecule has 0 fully saturated rings. The van der Waals surface area contributed by atoms with Crippen LogP contribution in [0, 0.1) is 0 Å². The van der Waals surface area contributed by atoms with Crippen molar-refractivity contribution in [2.24, 2.45) is 0 Å². The van der Waals surface area contributed by atoms with Crippen LogP contribution in [0.5, 0.6) is 5.75 Å². The summed E-state index contributed by atoms with van der Waals surface area (Å²) in [5.74, 6) is 0.306. The molecule has 0 unspecified atom stereocenters. The molecular formula is C16H20N2O6+2.